The van der Waals surface area contributed by atoms with Gasteiger partial charge in [0.2, 0.25) is 5.78 Å². The molecular formula is C10H13N3O6. The summed E-state index contributed by atoms with van der Waals surface area (Å²) in [4.78, 5) is 36.0. The molecule has 1 fully saturated rings. The lowest BCUT2D eigenvalue weighted by Gasteiger charge is -2.35. The molecule has 0 spiro atoms. The lowest BCUT2D eigenvalue weighted by Crippen LogP contribution is -2.62. The zero-order valence-electron chi connectivity index (χ0n) is 9.90. The Morgan fingerprint density at radius 3 is 2.53 bits per heavy atom. The number of amides is 1. The first-order valence-corrected chi connectivity index (χ1v) is 5.43. The second kappa shape index (κ2) is 6.19. The van der Waals surface area contributed by atoms with Crippen molar-refractivity contribution < 1.29 is 34.1 Å². The van der Waals surface area contributed by atoms with Crippen molar-refractivity contribution in [1.29, 1.82) is 0 Å². The van der Waals surface area contributed by atoms with Crippen LogP contribution in [0.15, 0.2) is 0 Å². The Balaban J connectivity index is 2.53. The van der Waals surface area contributed by atoms with Gasteiger partial charge in [0.25, 0.3) is 5.91 Å². The van der Waals surface area contributed by atoms with Crippen LogP contribution in [-0.4, -0.2) is 63.7 Å². The number of carboxylic acids is 1. The van der Waals surface area contributed by atoms with Crippen LogP contribution in [0.4, 0.5) is 0 Å². The maximum absolute atomic E-state index is 11.6. The van der Waals surface area contributed by atoms with Gasteiger partial charge in [-0.15, -0.1) is 0 Å². The number of rotatable bonds is 7. The molecule has 1 atom stereocenters. The van der Waals surface area contributed by atoms with E-state index in [4.69, 9.17) is 10.6 Å². The summed E-state index contributed by atoms with van der Waals surface area (Å²) in [6.07, 6.45) is 0.257. The van der Waals surface area contributed by atoms with Gasteiger partial charge in [-0.2, -0.15) is 4.79 Å². The second-order valence-corrected chi connectivity index (χ2v) is 4.14. The maximum atomic E-state index is 11.6. The molecular weight excluding hydrogens is 258 g/mol. The van der Waals surface area contributed by atoms with Crippen LogP contribution < -0.4 is 5.32 Å². The summed E-state index contributed by atoms with van der Waals surface area (Å²) >= 11 is 0. The third kappa shape index (κ3) is 3.95. The molecule has 104 valence electrons. The van der Waals surface area contributed by atoms with Crippen LogP contribution in [0.1, 0.15) is 12.8 Å². The summed E-state index contributed by atoms with van der Waals surface area (Å²) in [5, 5.41) is 20.6. The van der Waals surface area contributed by atoms with Gasteiger partial charge in [-0.25, -0.2) is 4.79 Å². The fourth-order valence-electron chi connectivity index (χ4n) is 1.39. The summed E-state index contributed by atoms with van der Waals surface area (Å²) in [5.41, 5.74) is 6.41. The van der Waals surface area contributed by atoms with Gasteiger partial charge in [-0.05, 0) is 6.42 Å². The molecule has 9 heteroatoms. The van der Waals surface area contributed by atoms with Gasteiger partial charge in [0.1, 0.15) is 6.04 Å². The number of nitrogens with one attached hydrogen (secondary N) is 1. The number of aliphatic carboxylic acids is 1. The molecule has 3 N–H and O–H groups in total. The Morgan fingerprint density at radius 1 is 1.47 bits per heavy atom. The van der Waals surface area contributed by atoms with Crippen molar-refractivity contribution in [3.05, 3.63) is 5.53 Å². The largest absolute Gasteiger partial charge is 0.480 e. The molecule has 1 heterocycles. The Bertz CT molecular complexity index is 439. The molecule has 1 aliphatic heterocycles. The molecule has 1 saturated heterocycles. The minimum absolute atomic E-state index is 0.178. The van der Waals surface area contributed by atoms with Gasteiger partial charge in [-0.3, -0.25) is 9.59 Å². The van der Waals surface area contributed by atoms with Gasteiger partial charge in [0.05, 0.1) is 13.2 Å². The van der Waals surface area contributed by atoms with Crippen molar-refractivity contribution in [3.8, 4) is 0 Å². The lowest BCUT2D eigenvalue weighted by molar-refractivity contribution is -0.192. The van der Waals surface area contributed by atoms with E-state index in [1.807, 2.05) is 0 Å². The third-order valence-electron chi connectivity index (χ3n) is 2.59. The van der Waals surface area contributed by atoms with Crippen molar-refractivity contribution in [2.75, 3.05) is 13.2 Å². The topological polar surface area (TPSA) is 149 Å². The highest BCUT2D eigenvalue weighted by Gasteiger charge is 2.45. The van der Waals surface area contributed by atoms with E-state index in [2.05, 4.69) is 14.8 Å². The molecule has 0 aromatic heterocycles. The van der Waals surface area contributed by atoms with Crippen LogP contribution in [0.25, 0.3) is 5.53 Å². The Labute approximate surface area is 107 Å². The van der Waals surface area contributed by atoms with Crippen LogP contribution >= 0.6 is 0 Å². The van der Waals surface area contributed by atoms with Crippen LogP contribution in [0.2, 0.25) is 0 Å². The average molecular weight is 271 g/mol. The molecule has 0 bridgehead atoms. The molecule has 1 amide bonds. The molecule has 0 radical (unpaired) electrons. The number of nitrogens with zero attached hydrogens (tertiary/aromatic N) is 2. The number of ether oxygens (including phenoxy) is 1. The molecule has 0 saturated carbocycles. The van der Waals surface area contributed by atoms with Crippen molar-refractivity contribution >= 4 is 23.9 Å². The van der Waals surface area contributed by atoms with Gasteiger partial charge >= 0.3 is 12.2 Å². The number of carboxylic acid groups (broad SMARTS) is 1. The first kappa shape index (κ1) is 15.0. The molecule has 1 rings (SSSR count). The normalized spacial score (nSPS) is 17.5. The summed E-state index contributed by atoms with van der Waals surface area (Å²) < 4.78 is 4.67. The zero-order valence-corrected chi connectivity index (χ0v) is 9.90. The minimum Gasteiger partial charge on any atom is -0.480 e. The molecule has 0 aromatic rings. The van der Waals surface area contributed by atoms with E-state index in [9.17, 15) is 19.5 Å². The van der Waals surface area contributed by atoms with E-state index < -0.39 is 29.3 Å². The fourth-order valence-corrected chi connectivity index (χ4v) is 1.39. The predicted molar refractivity (Wildman–Crippen MR) is 59.3 cm³/mol. The van der Waals surface area contributed by atoms with Crippen LogP contribution in [-0.2, 0) is 19.1 Å². The molecule has 0 aliphatic carbocycles. The highest BCUT2D eigenvalue weighted by Crippen LogP contribution is 2.16. The number of ketones is 1. The van der Waals surface area contributed by atoms with E-state index in [1.165, 1.54) is 0 Å². The average Bonchev–Trinajstić information content (AvgIpc) is 2.31. The highest BCUT2D eigenvalue weighted by atomic mass is 16.5. The van der Waals surface area contributed by atoms with E-state index in [0.717, 1.165) is 0 Å². The molecule has 0 unspecified atom stereocenters. The van der Waals surface area contributed by atoms with Crippen molar-refractivity contribution in [2.24, 2.45) is 0 Å². The first-order chi connectivity index (χ1) is 8.89. The Morgan fingerprint density at radius 2 is 2.11 bits per heavy atom. The smallest absolute Gasteiger partial charge is 0.326 e. The van der Waals surface area contributed by atoms with Crippen LogP contribution in [0.3, 0.4) is 0 Å². The number of carbonyl (C=O) groups excluding carboxylic acids is 2. The molecule has 9 nitrogen and oxygen atoms in total. The number of aliphatic hydroxyl groups is 1. The van der Waals surface area contributed by atoms with Crippen molar-refractivity contribution in [3.63, 3.8) is 0 Å². The number of hydrogen-bond donors (Lipinski definition) is 3. The van der Waals surface area contributed by atoms with Gasteiger partial charge < -0.3 is 25.8 Å². The number of hydrogen-bond acceptors (Lipinski definition) is 5. The molecule has 1 aliphatic rings. The Kier molecular flexibility index (Phi) is 4.87. The van der Waals surface area contributed by atoms with E-state index in [0.29, 0.717) is 6.21 Å². The Hall–Kier alpha value is -2.09. The van der Waals surface area contributed by atoms with E-state index in [1.54, 1.807) is 0 Å². The van der Waals surface area contributed by atoms with E-state index >= 15 is 0 Å². The quantitative estimate of drug-likeness (QED) is 0.276. The first-order valence-electron chi connectivity index (χ1n) is 5.43. The van der Waals surface area contributed by atoms with Gasteiger partial charge in [-0.1, -0.05) is 0 Å². The fraction of sp³-hybridized carbons (Fsp3) is 0.600. The summed E-state index contributed by atoms with van der Waals surface area (Å²) in [6, 6.07) is -1.31. The van der Waals surface area contributed by atoms with Gasteiger partial charge in [0, 0.05) is 6.42 Å². The van der Waals surface area contributed by atoms with Crippen molar-refractivity contribution in [2.45, 2.75) is 24.5 Å². The van der Waals surface area contributed by atoms with Gasteiger partial charge in [0.15, 0.2) is 5.60 Å². The highest BCUT2D eigenvalue weighted by molar-refractivity contribution is 6.25. The maximum Gasteiger partial charge on any atom is 0.326 e. The summed E-state index contributed by atoms with van der Waals surface area (Å²) in [6.45, 7) is -0.386. The monoisotopic (exact) mass is 271 g/mol. The number of carbonyl (C=O) groups is 3. The van der Waals surface area contributed by atoms with Crippen LogP contribution in [0.5, 0.6) is 0 Å². The van der Waals surface area contributed by atoms with Crippen LogP contribution in [0, 0.1) is 0 Å². The standard InChI is InChI=1S/C10H13N3O6/c11-12-3-6(14)1-2-7(8(15)16)13-9(17)10(18)4-19-5-10/h3,7,18H,1-2,4-5H2,(H,13,17)(H,15,16)/t7-/m0/s1. The summed E-state index contributed by atoms with van der Waals surface area (Å²) in [7, 11) is 0. The SMILES string of the molecule is [N-]=[N+]=CC(=O)CC[C@H](NC(=O)C1(O)COC1)C(=O)O. The van der Waals surface area contributed by atoms with Crippen molar-refractivity contribution in [1.82, 2.24) is 5.32 Å². The lowest BCUT2D eigenvalue weighted by atomic mass is 10.00. The zero-order chi connectivity index (χ0) is 14.5. The third-order valence-corrected chi connectivity index (χ3v) is 2.59. The van der Waals surface area contributed by atoms with E-state index in [-0.39, 0.29) is 26.1 Å². The second-order valence-electron chi connectivity index (χ2n) is 4.14. The molecule has 0 aromatic carbocycles. The number of Topliss-reactive ketones (excluding diaryl/α,β-unsaturated/α-hetero) is 1. The predicted octanol–water partition coefficient (Wildman–Crippen LogP) is -2.03. The molecule has 19 heavy (non-hydrogen) atoms. The summed E-state index contributed by atoms with van der Waals surface area (Å²) in [5.74, 6) is -2.76. The minimum atomic E-state index is -1.70.